The third kappa shape index (κ3) is 2.47. The Bertz CT molecular complexity index is 366. The van der Waals surface area contributed by atoms with Gasteiger partial charge in [0.1, 0.15) is 0 Å². The lowest BCUT2D eigenvalue weighted by Crippen LogP contribution is -2.26. The molecule has 1 aromatic rings. The Balaban J connectivity index is 2.10. The number of nitrogens with zero attached hydrogens (tertiary/aromatic N) is 2. The normalized spacial score (nSPS) is 16.8. The van der Waals surface area contributed by atoms with Gasteiger partial charge in [0, 0.05) is 17.3 Å². The first-order valence-corrected chi connectivity index (χ1v) is 6.30. The molecule has 0 fully saturated rings. The maximum absolute atomic E-state index is 4.68. The smallest absolute Gasteiger partial charge is 0.0950 e. The summed E-state index contributed by atoms with van der Waals surface area (Å²) in [5, 5.41) is 1.28. The molecule has 2 nitrogen and oxygen atoms in total. The molecule has 3 heteroatoms. The van der Waals surface area contributed by atoms with E-state index in [9.17, 15) is 0 Å². The molecule has 0 aromatic carbocycles. The predicted octanol–water partition coefficient (Wildman–Crippen LogP) is 2.60. The van der Waals surface area contributed by atoms with E-state index >= 15 is 0 Å². The summed E-state index contributed by atoms with van der Waals surface area (Å²) in [5.74, 6) is 0. The summed E-state index contributed by atoms with van der Waals surface area (Å²) in [7, 11) is 4.25. The molecule has 0 amide bonds. The fraction of sp³-hybridized carbons (Fsp3) is 0.583. The number of aryl methyl sites for hydroxylation is 1. The van der Waals surface area contributed by atoms with Crippen molar-refractivity contribution in [2.45, 2.75) is 32.2 Å². The van der Waals surface area contributed by atoms with Gasteiger partial charge in [-0.05, 0) is 39.9 Å². The van der Waals surface area contributed by atoms with Gasteiger partial charge in [-0.1, -0.05) is 6.08 Å². The predicted molar refractivity (Wildman–Crippen MR) is 66.3 cm³/mol. The zero-order chi connectivity index (χ0) is 10.8. The number of hydrogen-bond acceptors (Lipinski definition) is 3. The molecule has 1 heterocycles. The van der Waals surface area contributed by atoms with Crippen LogP contribution < -0.4 is 0 Å². The maximum atomic E-state index is 4.68. The van der Waals surface area contributed by atoms with Crippen LogP contribution in [0.2, 0.25) is 0 Å². The summed E-state index contributed by atoms with van der Waals surface area (Å²) in [6, 6.07) is 0.571. The van der Waals surface area contributed by atoms with Gasteiger partial charge in [-0.3, -0.25) is 0 Å². The van der Waals surface area contributed by atoms with Crippen molar-refractivity contribution in [2.75, 3.05) is 14.1 Å². The quantitative estimate of drug-likeness (QED) is 0.781. The molecule has 0 unspecified atom stereocenters. The van der Waals surface area contributed by atoms with Crippen LogP contribution in [0.4, 0.5) is 0 Å². The van der Waals surface area contributed by atoms with Crippen LogP contribution in [-0.2, 0) is 12.8 Å². The van der Waals surface area contributed by atoms with E-state index in [0.29, 0.717) is 6.04 Å². The first kappa shape index (κ1) is 10.8. The zero-order valence-electron chi connectivity index (χ0n) is 9.66. The minimum Gasteiger partial charge on any atom is -0.306 e. The standard InChI is InChI=1S/C12H18N2S/c1-9(14(2)3)8-12-13-10-6-4-5-7-11(10)15-12/h4,6,9H,5,7-8H2,1-3H3/t9-/m1/s1. The molecule has 1 aromatic heterocycles. The topological polar surface area (TPSA) is 16.1 Å². The second kappa shape index (κ2) is 4.45. The highest BCUT2D eigenvalue weighted by molar-refractivity contribution is 7.11. The van der Waals surface area contributed by atoms with Crippen LogP contribution in [0.3, 0.4) is 0 Å². The van der Waals surface area contributed by atoms with Crippen LogP contribution in [-0.4, -0.2) is 30.0 Å². The summed E-state index contributed by atoms with van der Waals surface area (Å²) in [6.45, 7) is 2.25. The van der Waals surface area contributed by atoms with Crippen LogP contribution in [0.5, 0.6) is 0 Å². The van der Waals surface area contributed by atoms with Crippen molar-refractivity contribution in [2.24, 2.45) is 0 Å². The zero-order valence-corrected chi connectivity index (χ0v) is 10.5. The Labute approximate surface area is 95.6 Å². The van der Waals surface area contributed by atoms with Crippen LogP contribution in [0.25, 0.3) is 6.08 Å². The van der Waals surface area contributed by atoms with E-state index in [0.717, 1.165) is 6.42 Å². The summed E-state index contributed by atoms with van der Waals surface area (Å²) < 4.78 is 0. The van der Waals surface area contributed by atoms with Crippen molar-refractivity contribution in [1.29, 1.82) is 0 Å². The van der Waals surface area contributed by atoms with Gasteiger partial charge < -0.3 is 4.90 Å². The van der Waals surface area contributed by atoms with Crippen molar-refractivity contribution < 1.29 is 0 Å². The second-order valence-corrected chi connectivity index (χ2v) is 5.54. The molecule has 1 aliphatic rings. The number of rotatable bonds is 3. The number of hydrogen-bond donors (Lipinski definition) is 0. The molecule has 82 valence electrons. The molecule has 0 spiro atoms. The molecule has 0 bridgehead atoms. The van der Waals surface area contributed by atoms with Crippen molar-refractivity contribution in [3.05, 3.63) is 21.7 Å². The number of fused-ring (bicyclic) bond motifs is 1. The largest absolute Gasteiger partial charge is 0.306 e. The van der Waals surface area contributed by atoms with E-state index in [4.69, 9.17) is 0 Å². The monoisotopic (exact) mass is 222 g/mol. The third-order valence-corrected chi connectivity index (χ3v) is 4.09. The van der Waals surface area contributed by atoms with E-state index in [1.807, 2.05) is 11.3 Å². The lowest BCUT2D eigenvalue weighted by Gasteiger charge is -2.17. The lowest BCUT2D eigenvalue weighted by atomic mass is 10.1. The van der Waals surface area contributed by atoms with Gasteiger partial charge >= 0.3 is 0 Å². The summed E-state index contributed by atoms with van der Waals surface area (Å²) in [4.78, 5) is 8.40. The Kier molecular flexibility index (Phi) is 3.22. The van der Waals surface area contributed by atoms with Crippen molar-refractivity contribution in [3.63, 3.8) is 0 Å². The Morgan fingerprint density at radius 1 is 1.53 bits per heavy atom. The van der Waals surface area contributed by atoms with Gasteiger partial charge in [0.05, 0.1) is 10.7 Å². The van der Waals surface area contributed by atoms with Crippen LogP contribution >= 0.6 is 11.3 Å². The highest BCUT2D eigenvalue weighted by Gasteiger charge is 2.14. The third-order valence-electron chi connectivity index (χ3n) is 2.94. The van der Waals surface area contributed by atoms with Gasteiger partial charge in [0.2, 0.25) is 0 Å². The second-order valence-electron chi connectivity index (χ2n) is 4.37. The van der Waals surface area contributed by atoms with Gasteiger partial charge in [-0.15, -0.1) is 11.3 Å². The van der Waals surface area contributed by atoms with E-state index in [2.05, 4.69) is 43.1 Å². The van der Waals surface area contributed by atoms with Crippen molar-refractivity contribution in [1.82, 2.24) is 9.88 Å². The Morgan fingerprint density at radius 2 is 2.33 bits per heavy atom. The SMILES string of the molecule is C[C@H](Cc1nc2c(s1)CCC=C2)N(C)C. The van der Waals surface area contributed by atoms with Gasteiger partial charge in [-0.2, -0.15) is 0 Å². The molecule has 15 heavy (non-hydrogen) atoms. The van der Waals surface area contributed by atoms with Crippen molar-refractivity contribution in [3.8, 4) is 0 Å². The van der Waals surface area contributed by atoms with Crippen LogP contribution in [0.15, 0.2) is 6.08 Å². The first-order chi connectivity index (χ1) is 7.16. The highest BCUT2D eigenvalue weighted by atomic mass is 32.1. The molecule has 1 aliphatic carbocycles. The van der Waals surface area contributed by atoms with Gasteiger partial charge in [-0.25, -0.2) is 4.98 Å². The molecule has 0 radical (unpaired) electrons. The van der Waals surface area contributed by atoms with Crippen LogP contribution in [0.1, 0.15) is 28.9 Å². The molecule has 1 atom stereocenters. The molecule has 0 saturated carbocycles. The molecule has 2 rings (SSSR count). The summed E-state index contributed by atoms with van der Waals surface area (Å²) in [5.41, 5.74) is 1.22. The number of likely N-dealkylation sites (N-methyl/N-ethyl adjacent to an activating group) is 1. The van der Waals surface area contributed by atoms with Crippen LogP contribution in [0, 0.1) is 0 Å². The molecule has 0 N–H and O–H groups in total. The Morgan fingerprint density at radius 3 is 3.00 bits per heavy atom. The molecule has 0 aliphatic heterocycles. The van der Waals surface area contributed by atoms with Gasteiger partial charge in [0.15, 0.2) is 0 Å². The number of allylic oxidation sites excluding steroid dienone is 1. The average Bonchev–Trinajstić information content (AvgIpc) is 2.59. The first-order valence-electron chi connectivity index (χ1n) is 5.48. The maximum Gasteiger partial charge on any atom is 0.0950 e. The molecular formula is C12H18N2S. The summed E-state index contributed by atoms with van der Waals surface area (Å²) in [6.07, 6.45) is 7.82. The van der Waals surface area contributed by atoms with E-state index in [1.165, 1.54) is 28.4 Å². The van der Waals surface area contributed by atoms with E-state index in [1.54, 1.807) is 0 Å². The van der Waals surface area contributed by atoms with Gasteiger partial charge in [0.25, 0.3) is 0 Å². The van der Waals surface area contributed by atoms with E-state index < -0.39 is 0 Å². The van der Waals surface area contributed by atoms with E-state index in [-0.39, 0.29) is 0 Å². The number of thiazole rings is 1. The molecular weight excluding hydrogens is 204 g/mol. The fourth-order valence-corrected chi connectivity index (χ4v) is 2.85. The highest BCUT2D eigenvalue weighted by Crippen LogP contribution is 2.26. The fourth-order valence-electron chi connectivity index (χ4n) is 1.66. The average molecular weight is 222 g/mol. The minimum atomic E-state index is 0.571. The minimum absolute atomic E-state index is 0.571. The number of aromatic nitrogens is 1. The van der Waals surface area contributed by atoms with Crippen molar-refractivity contribution >= 4 is 17.4 Å². The lowest BCUT2D eigenvalue weighted by molar-refractivity contribution is 0.312. The summed E-state index contributed by atoms with van der Waals surface area (Å²) >= 11 is 1.89. The molecule has 0 saturated heterocycles. The Hall–Kier alpha value is -0.670.